The summed E-state index contributed by atoms with van der Waals surface area (Å²) in [5.74, 6) is 0.316. The Balaban J connectivity index is 1.55. The molecule has 1 amide bonds. The Morgan fingerprint density at radius 3 is 2.61 bits per heavy atom. The molecule has 38 heavy (non-hydrogen) atoms. The van der Waals surface area contributed by atoms with Gasteiger partial charge >= 0.3 is 0 Å². The number of benzene rings is 3. The molecular weight excluding hydrogens is 502 g/mol. The van der Waals surface area contributed by atoms with Crippen LogP contribution in [0.25, 0.3) is 0 Å². The maximum absolute atomic E-state index is 13.3. The van der Waals surface area contributed by atoms with E-state index in [2.05, 4.69) is 9.62 Å². The van der Waals surface area contributed by atoms with Gasteiger partial charge in [0.05, 0.1) is 19.4 Å². The van der Waals surface area contributed by atoms with E-state index < -0.39 is 10.0 Å². The number of nitrogens with zero attached hydrogens (tertiary/aromatic N) is 2. The van der Waals surface area contributed by atoms with Gasteiger partial charge in [0, 0.05) is 44.0 Å². The number of rotatable bonds is 10. The van der Waals surface area contributed by atoms with Crippen LogP contribution in [-0.4, -0.2) is 65.7 Å². The number of aryl methyl sites for hydroxylation is 2. The van der Waals surface area contributed by atoms with Crippen LogP contribution in [0.1, 0.15) is 27.9 Å². The lowest BCUT2D eigenvalue weighted by Gasteiger charge is -2.31. The van der Waals surface area contributed by atoms with E-state index in [0.29, 0.717) is 31.9 Å². The minimum Gasteiger partial charge on any atom is -0.495 e. The third-order valence-electron chi connectivity index (χ3n) is 6.84. The lowest BCUT2D eigenvalue weighted by atomic mass is 10.0. The van der Waals surface area contributed by atoms with Crippen molar-refractivity contribution in [2.45, 2.75) is 31.2 Å². The monoisotopic (exact) mass is 537 g/mol. The van der Waals surface area contributed by atoms with Crippen LogP contribution in [0.15, 0.2) is 71.6 Å². The Morgan fingerprint density at radius 1 is 1.05 bits per heavy atom. The van der Waals surface area contributed by atoms with E-state index in [1.54, 1.807) is 31.4 Å². The minimum absolute atomic E-state index is 0.0405. The summed E-state index contributed by atoms with van der Waals surface area (Å²) in [5, 5.41) is 0. The summed E-state index contributed by atoms with van der Waals surface area (Å²) in [5.41, 5.74) is 4.06. The average molecular weight is 538 g/mol. The lowest BCUT2D eigenvalue weighted by molar-refractivity contribution is 0.0789. The molecule has 3 aromatic carbocycles. The van der Waals surface area contributed by atoms with Crippen molar-refractivity contribution in [3.05, 3.63) is 83.4 Å². The first-order valence-electron chi connectivity index (χ1n) is 12.6. The molecule has 1 heterocycles. The normalized spacial score (nSPS) is 15.4. The predicted octanol–water partition coefficient (Wildman–Crippen LogP) is 4.48. The molecule has 8 nitrogen and oxygen atoms in total. The van der Waals surface area contributed by atoms with Crippen LogP contribution in [0.2, 0.25) is 0 Å². The molecule has 0 bridgehead atoms. The quantitative estimate of drug-likeness (QED) is 0.410. The summed E-state index contributed by atoms with van der Waals surface area (Å²) in [6.07, 6.45) is 0.803. The number of hydrogen-bond acceptors (Lipinski definition) is 6. The van der Waals surface area contributed by atoms with Gasteiger partial charge < -0.3 is 19.3 Å². The lowest BCUT2D eigenvalue weighted by Crippen LogP contribution is -2.41. The van der Waals surface area contributed by atoms with Gasteiger partial charge in [-0.1, -0.05) is 35.9 Å². The van der Waals surface area contributed by atoms with E-state index in [9.17, 15) is 13.2 Å². The standard InChI is InChI=1S/C29H35N3O5S/c1-21-12-13-22(2)26(18-21)29(33)31-15-14-25(20-31)32(16-17-36-3)24-9-7-8-23(19-24)30-38(34,35)28-11-6-5-10-27(28)37-4/h5-13,18-19,25,30H,14-17,20H2,1-4H3. The summed E-state index contributed by atoms with van der Waals surface area (Å²) >= 11 is 0. The fraction of sp³-hybridized carbons (Fsp3) is 0.345. The van der Waals surface area contributed by atoms with Crippen molar-refractivity contribution in [1.82, 2.24) is 4.90 Å². The van der Waals surface area contributed by atoms with Crippen LogP contribution in [0.5, 0.6) is 5.75 Å². The number of ether oxygens (including phenoxy) is 2. The van der Waals surface area contributed by atoms with Gasteiger partial charge in [0.2, 0.25) is 0 Å². The topological polar surface area (TPSA) is 88.2 Å². The van der Waals surface area contributed by atoms with Gasteiger partial charge in [-0.3, -0.25) is 9.52 Å². The van der Waals surface area contributed by atoms with Gasteiger partial charge in [-0.15, -0.1) is 0 Å². The predicted molar refractivity (Wildman–Crippen MR) is 150 cm³/mol. The smallest absolute Gasteiger partial charge is 0.265 e. The summed E-state index contributed by atoms with van der Waals surface area (Å²) in [6, 6.07) is 19.8. The number of sulfonamides is 1. The highest BCUT2D eigenvalue weighted by Gasteiger charge is 2.32. The fourth-order valence-electron chi connectivity index (χ4n) is 4.83. The Morgan fingerprint density at radius 2 is 1.84 bits per heavy atom. The molecule has 1 aliphatic heterocycles. The van der Waals surface area contributed by atoms with Crippen molar-refractivity contribution in [2.24, 2.45) is 0 Å². The van der Waals surface area contributed by atoms with Gasteiger partial charge in [-0.25, -0.2) is 8.42 Å². The van der Waals surface area contributed by atoms with Gasteiger partial charge in [0.15, 0.2) is 0 Å². The number of carbonyl (C=O) groups is 1. The van der Waals surface area contributed by atoms with Crippen LogP contribution in [0.4, 0.5) is 11.4 Å². The molecule has 1 atom stereocenters. The molecular formula is C29H35N3O5S. The van der Waals surface area contributed by atoms with Crippen LogP contribution in [0.3, 0.4) is 0 Å². The summed E-state index contributed by atoms with van der Waals surface area (Å²) < 4.78 is 39.6. The number of hydrogen-bond donors (Lipinski definition) is 1. The second-order valence-corrected chi connectivity index (χ2v) is 11.2. The zero-order chi connectivity index (χ0) is 27.3. The molecule has 0 aromatic heterocycles. The summed E-state index contributed by atoms with van der Waals surface area (Å²) in [7, 11) is -0.767. The molecule has 1 aliphatic rings. The van der Waals surface area contributed by atoms with Crippen molar-refractivity contribution < 1.29 is 22.7 Å². The molecule has 0 saturated carbocycles. The van der Waals surface area contributed by atoms with E-state index in [4.69, 9.17) is 9.47 Å². The molecule has 202 valence electrons. The van der Waals surface area contributed by atoms with Crippen molar-refractivity contribution in [1.29, 1.82) is 0 Å². The Labute approximate surface area is 225 Å². The van der Waals surface area contributed by atoms with Crippen molar-refractivity contribution in [3.8, 4) is 5.75 Å². The highest BCUT2D eigenvalue weighted by Crippen LogP contribution is 2.29. The first kappa shape index (κ1) is 27.5. The van der Waals surface area contributed by atoms with Crippen LogP contribution >= 0.6 is 0 Å². The van der Waals surface area contributed by atoms with Gasteiger partial charge in [-0.2, -0.15) is 0 Å². The van der Waals surface area contributed by atoms with E-state index in [-0.39, 0.29) is 22.6 Å². The Hall–Kier alpha value is -3.56. The van der Waals surface area contributed by atoms with Crippen LogP contribution in [-0.2, 0) is 14.8 Å². The molecule has 1 fully saturated rings. The molecule has 0 aliphatic carbocycles. The molecule has 1 N–H and O–H groups in total. The second-order valence-electron chi connectivity index (χ2n) is 9.50. The van der Waals surface area contributed by atoms with Crippen molar-refractivity contribution in [2.75, 3.05) is 50.1 Å². The van der Waals surface area contributed by atoms with Crippen LogP contribution < -0.4 is 14.4 Å². The largest absolute Gasteiger partial charge is 0.495 e. The molecule has 9 heteroatoms. The third kappa shape index (κ3) is 6.11. The molecule has 4 rings (SSSR count). The van der Waals surface area contributed by atoms with Gasteiger partial charge in [0.1, 0.15) is 10.6 Å². The molecule has 3 aromatic rings. The maximum Gasteiger partial charge on any atom is 0.265 e. The molecule has 1 unspecified atom stereocenters. The van der Waals surface area contributed by atoms with E-state index in [1.165, 1.54) is 13.2 Å². The van der Waals surface area contributed by atoms with Crippen LogP contribution in [0, 0.1) is 13.8 Å². The molecule has 0 spiro atoms. The van der Waals surface area contributed by atoms with E-state index in [1.807, 2.05) is 55.1 Å². The van der Waals surface area contributed by atoms with Crippen molar-refractivity contribution in [3.63, 3.8) is 0 Å². The second kappa shape index (κ2) is 11.9. The summed E-state index contributed by atoms with van der Waals surface area (Å²) in [6.45, 7) is 6.29. The number of methoxy groups -OCH3 is 2. The molecule has 1 saturated heterocycles. The maximum atomic E-state index is 13.3. The SMILES string of the molecule is COCCN(c1cccc(NS(=O)(=O)c2ccccc2OC)c1)C1CCN(C(=O)c2cc(C)ccc2C)C1. The average Bonchev–Trinajstić information content (AvgIpc) is 3.40. The number of para-hydroxylation sites is 1. The zero-order valence-corrected chi connectivity index (χ0v) is 23.1. The number of likely N-dealkylation sites (tertiary alicyclic amines) is 1. The van der Waals surface area contributed by atoms with Gasteiger partial charge in [-0.05, 0) is 62.2 Å². The zero-order valence-electron chi connectivity index (χ0n) is 22.3. The Kier molecular flexibility index (Phi) is 8.58. The van der Waals surface area contributed by atoms with E-state index >= 15 is 0 Å². The van der Waals surface area contributed by atoms with Gasteiger partial charge in [0.25, 0.3) is 15.9 Å². The molecule has 0 radical (unpaired) electrons. The first-order valence-corrected chi connectivity index (χ1v) is 14.1. The van der Waals surface area contributed by atoms with Crippen molar-refractivity contribution >= 4 is 27.3 Å². The minimum atomic E-state index is -3.86. The first-order chi connectivity index (χ1) is 18.2. The number of anilines is 2. The number of nitrogens with one attached hydrogen (secondary N) is 1. The van der Waals surface area contributed by atoms with E-state index in [0.717, 1.165) is 28.8 Å². The highest BCUT2D eigenvalue weighted by atomic mass is 32.2. The Bertz CT molecular complexity index is 1390. The third-order valence-corrected chi connectivity index (χ3v) is 8.26. The summed E-state index contributed by atoms with van der Waals surface area (Å²) in [4.78, 5) is 17.5. The number of amides is 1. The fourth-order valence-corrected chi connectivity index (χ4v) is 6.05. The number of carbonyl (C=O) groups excluding carboxylic acids is 1. The highest BCUT2D eigenvalue weighted by molar-refractivity contribution is 7.92.